The predicted molar refractivity (Wildman–Crippen MR) is 281 cm³/mol. The first-order chi connectivity index (χ1) is 33.3. The van der Waals surface area contributed by atoms with Crippen LogP contribution in [0.5, 0.6) is 0 Å². The van der Waals surface area contributed by atoms with E-state index in [0.29, 0.717) is 0 Å². The molecule has 314 valence electrons. The second-order valence-corrected chi connectivity index (χ2v) is 17.6. The molecule has 0 atom stereocenters. The van der Waals surface area contributed by atoms with E-state index < -0.39 is 5.41 Å². The zero-order chi connectivity index (χ0) is 44.3. The first kappa shape index (κ1) is 38.7. The Morgan fingerprint density at radius 2 is 0.940 bits per heavy atom. The molecule has 0 saturated heterocycles. The number of hydrogen-bond donors (Lipinski definition) is 0. The fourth-order valence-electron chi connectivity index (χ4n) is 11.2. The van der Waals surface area contributed by atoms with Gasteiger partial charge in [0, 0.05) is 38.8 Å². The highest BCUT2D eigenvalue weighted by atomic mass is 15.1. The van der Waals surface area contributed by atoms with Crippen LogP contribution in [0.2, 0.25) is 0 Å². The van der Waals surface area contributed by atoms with E-state index in [1.165, 1.54) is 82.7 Å². The van der Waals surface area contributed by atoms with E-state index in [4.69, 9.17) is 0 Å². The highest BCUT2D eigenvalue weighted by Crippen LogP contribution is 2.59. The smallest absolute Gasteiger partial charge is 0.0714 e. The Bertz CT molecular complexity index is 3740. The van der Waals surface area contributed by atoms with Crippen molar-refractivity contribution in [3.05, 3.63) is 289 Å². The SMILES string of the molecule is c1ccc(-c2cccc(-c3cc4ccccc4c4c3c3cc(N(c5ccccc5)c5cccc6c5-c5ccccc5C6(c5ccccc5)c5ccccc5)ccc3n4-c3ccccc3)c2)cc1. The van der Waals surface area contributed by atoms with Gasteiger partial charge in [-0.3, -0.25) is 0 Å². The van der Waals surface area contributed by atoms with Crippen LogP contribution in [-0.4, -0.2) is 4.57 Å². The lowest BCUT2D eigenvalue weighted by atomic mass is 9.68. The van der Waals surface area contributed by atoms with Gasteiger partial charge in [-0.15, -0.1) is 0 Å². The Morgan fingerprint density at radius 3 is 1.69 bits per heavy atom. The van der Waals surface area contributed by atoms with Crippen LogP contribution in [0.3, 0.4) is 0 Å². The summed E-state index contributed by atoms with van der Waals surface area (Å²) in [7, 11) is 0. The quantitative estimate of drug-likeness (QED) is 0.148. The van der Waals surface area contributed by atoms with Crippen molar-refractivity contribution in [3.63, 3.8) is 0 Å². The van der Waals surface area contributed by atoms with Gasteiger partial charge >= 0.3 is 0 Å². The summed E-state index contributed by atoms with van der Waals surface area (Å²) in [5.41, 5.74) is 18.6. The van der Waals surface area contributed by atoms with Crippen molar-refractivity contribution in [1.82, 2.24) is 4.57 Å². The number of fused-ring (bicyclic) bond motifs is 8. The van der Waals surface area contributed by atoms with Crippen LogP contribution >= 0.6 is 0 Å². The molecule has 1 heterocycles. The minimum absolute atomic E-state index is 0.524. The van der Waals surface area contributed by atoms with Gasteiger partial charge in [0.25, 0.3) is 0 Å². The van der Waals surface area contributed by atoms with Crippen LogP contribution in [0, 0.1) is 0 Å². The third-order valence-corrected chi connectivity index (χ3v) is 14.0. The van der Waals surface area contributed by atoms with E-state index in [1.54, 1.807) is 0 Å². The van der Waals surface area contributed by atoms with Crippen LogP contribution in [0.25, 0.3) is 71.6 Å². The van der Waals surface area contributed by atoms with E-state index in [2.05, 4.69) is 276 Å². The summed E-state index contributed by atoms with van der Waals surface area (Å²) >= 11 is 0. The Hall–Kier alpha value is -8.72. The first-order valence-electron chi connectivity index (χ1n) is 23.2. The van der Waals surface area contributed by atoms with Gasteiger partial charge in [-0.25, -0.2) is 0 Å². The van der Waals surface area contributed by atoms with Crippen molar-refractivity contribution in [3.8, 4) is 39.1 Å². The molecule has 1 aromatic heterocycles. The number of aromatic nitrogens is 1. The molecular weight excluding hydrogens is 809 g/mol. The maximum Gasteiger partial charge on any atom is 0.0714 e. The third kappa shape index (κ3) is 6.04. The zero-order valence-electron chi connectivity index (χ0n) is 36.8. The number of benzene rings is 11. The molecule has 0 spiro atoms. The molecular formula is C65H44N2. The Kier molecular flexibility index (Phi) is 9.11. The maximum atomic E-state index is 2.49. The van der Waals surface area contributed by atoms with Gasteiger partial charge in [0.15, 0.2) is 0 Å². The van der Waals surface area contributed by atoms with Gasteiger partial charge in [0.2, 0.25) is 0 Å². The molecule has 0 saturated carbocycles. The second-order valence-electron chi connectivity index (χ2n) is 17.6. The summed E-state index contributed by atoms with van der Waals surface area (Å²) in [4.78, 5) is 2.49. The molecule has 1 aliphatic carbocycles. The fraction of sp³-hybridized carbons (Fsp3) is 0.0154. The summed E-state index contributed by atoms with van der Waals surface area (Å²) in [5.74, 6) is 0. The minimum Gasteiger partial charge on any atom is -0.310 e. The van der Waals surface area contributed by atoms with Crippen LogP contribution in [-0.2, 0) is 5.41 Å². The van der Waals surface area contributed by atoms with E-state index in [-0.39, 0.29) is 0 Å². The number of rotatable bonds is 8. The lowest BCUT2D eigenvalue weighted by Gasteiger charge is -2.34. The molecule has 0 amide bonds. The molecule has 1 aliphatic rings. The van der Waals surface area contributed by atoms with Gasteiger partial charge in [-0.05, 0) is 116 Å². The van der Waals surface area contributed by atoms with Crippen LogP contribution in [0.4, 0.5) is 17.1 Å². The highest BCUT2D eigenvalue weighted by molar-refractivity contribution is 6.24. The molecule has 0 fully saturated rings. The average Bonchev–Trinajstić information content (AvgIpc) is 3.92. The molecule has 11 aromatic carbocycles. The van der Waals surface area contributed by atoms with Gasteiger partial charge < -0.3 is 9.47 Å². The van der Waals surface area contributed by atoms with Crippen molar-refractivity contribution in [2.45, 2.75) is 5.41 Å². The standard InChI is InChI=1S/C65H44N2/c1-6-22-45(23-7-1)46-25-20-26-47(42-46)56-43-48-24-16-17-35-54(48)64-62(56)57-44-53(40-41-60(57)67(64)52-33-14-5-15-34-52)66(51-31-12-4-13-32-51)61-39-21-38-59-63(61)55-36-18-19-37-58(55)65(59,49-27-8-2-9-28-49)50-29-10-3-11-30-50/h1-44H. The van der Waals surface area contributed by atoms with Gasteiger partial charge in [-0.1, -0.05) is 206 Å². The minimum atomic E-state index is -0.524. The topological polar surface area (TPSA) is 8.17 Å². The van der Waals surface area contributed by atoms with E-state index in [1.807, 2.05) is 0 Å². The first-order valence-corrected chi connectivity index (χ1v) is 23.2. The second kappa shape index (κ2) is 15.8. The summed E-state index contributed by atoms with van der Waals surface area (Å²) in [6.07, 6.45) is 0. The summed E-state index contributed by atoms with van der Waals surface area (Å²) < 4.78 is 2.48. The number of hydrogen-bond acceptors (Lipinski definition) is 1. The van der Waals surface area contributed by atoms with E-state index >= 15 is 0 Å². The highest BCUT2D eigenvalue weighted by Gasteiger charge is 2.47. The number of anilines is 3. The van der Waals surface area contributed by atoms with Crippen molar-refractivity contribution >= 4 is 49.6 Å². The maximum absolute atomic E-state index is 2.49. The van der Waals surface area contributed by atoms with E-state index in [9.17, 15) is 0 Å². The normalized spacial score (nSPS) is 12.6. The molecule has 12 aromatic rings. The molecule has 0 unspecified atom stereocenters. The monoisotopic (exact) mass is 852 g/mol. The molecule has 13 rings (SSSR count). The summed E-state index contributed by atoms with van der Waals surface area (Å²) in [5, 5.41) is 4.85. The largest absolute Gasteiger partial charge is 0.310 e. The predicted octanol–water partition coefficient (Wildman–Crippen LogP) is 17.1. The van der Waals surface area contributed by atoms with E-state index in [0.717, 1.165) is 28.3 Å². The van der Waals surface area contributed by atoms with Gasteiger partial charge in [0.1, 0.15) is 0 Å². The Balaban J connectivity index is 1.12. The Morgan fingerprint density at radius 1 is 0.358 bits per heavy atom. The van der Waals surface area contributed by atoms with Crippen LogP contribution in [0.1, 0.15) is 22.3 Å². The number of para-hydroxylation sites is 2. The molecule has 0 aliphatic heterocycles. The summed E-state index contributed by atoms with van der Waals surface area (Å²) in [6, 6.07) is 98.1. The lowest BCUT2D eigenvalue weighted by molar-refractivity contribution is 0.768. The van der Waals surface area contributed by atoms with Crippen molar-refractivity contribution in [2.24, 2.45) is 0 Å². The molecule has 2 nitrogen and oxygen atoms in total. The average molecular weight is 853 g/mol. The van der Waals surface area contributed by atoms with Crippen molar-refractivity contribution < 1.29 is 0 Å². The van der Waals surface area contributed by atoms with Gasteiger partial charge in [-0.2, -0.15) is 0 Å². The lowest BCUT2D eigenvalue weighted by Crippen LogP contribution is -2.28. The van der Waals surface area contributed by atoms with Gasteiger partial charge in [0.05, 0.1) is 22.1 Å². The summed E-state index contributed by atoms with van der Waals surface area (Å²) in [6.45, 7) is 0. The van der Waals surface area contributed by atoms with Crippen molar-refractivity contribution in [1.29, 1.82) is 0 Å². The Labute approximate surface area is 390 Å². The number of nitrogens with zero attached hydrogens (tertiary/aromatic N) is 2. The molecule has 0 N–H and O–H groups in total. The van der Waals surface area contributed by atoms with Crippen LogP contribution < -0.4 is 4.90 Å². The third-order valence-electron chi connectivity index (χ3n) is 14.0. The van der Waals surface area contributed by atoms with Crippen LogP contribution in [0.15, 0.2) is 267 Å². The molecule has 67 heavy (non-hydrogen) atoms. The zero-order valence-corrected chi connectivity index (χ0v) is 36.8. The molecule has 2 heteroatoms. The molecule has 0 bridgehead atoms. The fourth-order valence-corrected chi connectivity index (χ4v) is 11.2. The molecule has 0 radical (unpaired) electrons. The van der Waals surface area contributed by atoms with Crippen molar-refractivity contribution in [2.75, 3.05) is 4.90 Å².